The first kappa shape index (κ1) is 11.8. The maximum atomic E-state index is 13.5. The van der Waals surface area contributed by atoms with Crippen LogP contribution in [-0.4, -0.2) is 11.0 Å². The number of benzene rings is 1. The zero-order chi connectivity index (χ0) is 12.4. The molecule has 1 fully saturated rings. The van der Waals surface area contributed by atoms with Crippen LogP contribution in [0.3, 0.4) is 0 Å². The van der Waals surface area contributed by atoms with Crippen LogP contribution >= 0.6 is 0 Å². The molecule has 0 radical (unpaired) electrons. The molecule has 1 aliphatic carbocycles. The topological polar surface area (TPSA) is 55.2 Å². The summed E-state index contributed by atoms with van der Waals surface area (Å²) in [5.74, 6) is 0.199. The molecule has 1 aromatic rings. The van der Waals surface area contributed by atoms with E-state index in [-0.39, 0.29) is 17.4 Å². The van der Waals surface area contributed by atoms with Crippen LogP contribution in [0.1, 0.15) is 26.2 Å². The van der Waals surface area contributed by atoms with Crippen LogP contribution in [0, 0.1) is 21.8 Å². The summed E-state index contributed by atoms with van der Waals surface area (Å²) in [4.78, 5) is 10.1. The van der Waals surface area contributed by atoms with Crippen molar-refractivity contribution in [1.82, 2.24) is 0 Å². The van der Waals surface area contributed by atoms with Gasteiger partial charge in [0, 0.05) is 18.2 Å². The number of nitrogens with zero attached hydrogens (tertiary/aromatic N) is 1. The van der Waals surface area contributed by atoms with Crippen LogP contribution < -0.4 is 5.32 Å². The van der Waals surface area contributed by atoms with Crippen molar-refractivity contribution in [3.63, 3.8) is 0 Å². The maximum Gasteiger partial charge on any atom is 0.271 e. The summed E-state index contributed by atoms with van der Waals surface area (Å²) in [7, 11) is 0. The Kier molecular flexibility index (Phi) is 3.26. The Morgan fingerprint density at radius 1 is 1.47 bits per heavy atom. The van der Waals surface area contributed by atoms with E-state index in [2.05, 4.69) is 12.2 Å². The second-order valence-electron chi connectivity index (χ2n) is 4.68. The molecule has 0 amide bonds. The molecule has 0 aromatic heterocycles. The van der Waals surface area contributed by atoms with Gasteiger partial charge in [-0.2, -0.15) is 0 Å². The summed E-state index contributed by atoms with van der Waals surface area (Å²) >= 11 is 0. The van der Waals surface area contributed by atoms with Crippen molar-refractivity contribution in [2.24, 2.45) is 5.92 Å². The lowest BCUT2D eigenvalue weighted by Crippen LogP contribution is -2.16. The van der Waals surface area contributed by atoms with Gasteiger partial charge in [0.2, 0.25) is 0 Å². The van der Waals surface area contributed by atoms with Crippen molar-refractivity contribution in [3.05, 3.63) is 34.1 Å². The van der Waals surface area contributed by atoms with E-state index in [1.165, 1.54) is 12.1 Å². The molecule has 5 heteroatoms. The molecular weight excluding hydrogens is 223 g/mol. The van der Waals surface area contributed by atoms with E-state index in [4.69, 9.17) is 0 Å². The first-order valence-electron chi connectivity index (χ1n) is 5.76. The van der Waals surface area contributed by atoms with E-state index in [0.717, 1.165) is 25.3 Å². The van der Waals surface area contributed by atoms with Gasteiger partial charge in [0.25, 0.3) is 5.69 Å². The van der Waals surface area contributed by atoms with Gasteiger partial charge in [-0.3, -0.25) is 10.1 Å². The van der Waals surface area contributed by atoms with E-state index >= 15 is 0 Å². The fourth-order valence-electron chi connectivity index (χ4n) is 2.30. The van der Waals surface area contributed by atoms with Crippen LogP contribution in [0.2, 0.25) is 0 Å². The van der Waals surface area contributed by atoms with Crippen molar-refractivity contribution in [1.29, 1.82) is 0 Å². The highest BCUT2D eigenvalue weighted by atomic mass is 19.1. The van der Waals surface area contributed by atoms with Crippen molar-refractivity contribution in [3.8, 4) is 0 Å². The lowest BCUT2D eigenvalue weighted by atomic mass is 10.1. The molecule has 1 aliphatic rings. The Bertz CT molecular complexity index is 437. The normalized spacial score (nSPS) is 23.6. The number of hydrogen-bond donors (Lipinski definition) is 1. The monoisotopic (exact) mass is 238 g/mol. The van der Waals surface area contributed by atoms with Gasteiger partial charge in [0.15, 0.2) is 0 Å². The average molecular weight is 238 g/mol. The molecule has 0 heterocycles. The fourth-order valence-corrected chi connectivity index (χ4v) is 2.30. The molecule has 2 atom stereocenters. The predicted molar refractivity (Wildman–Crippen MR) is 63.5 cm³/mol. The minimum atomic E-state index is -0.512. The van der Waals surface area contributed by atoms with Crippen LogP contribution in [0.4, 0.5) is 15.8 Å². The van der Waals surface area contributed by atoms with Crippen LogP contribution in [-0.2, 0) is 0 Å². The van der Waals surface area contributed by atoms with Crippen LogP contribution in [0.15, 0.2) is 18.2 Å². The highest BCUT2D eigenvalue weighted by molar-refractivity contribution is 5.52. The Morgan fingerprint density at radius 2 is 2.24 bits per heavy atom. The molecular formula is C12H15FN2O2. The predicted octanol–water partition coefficient (Wildman–Crippen LogP) is 3.33. The summed E-state index contributed by atoms with van der Waals surface area (Å²) in [6, 6.07) is 3.80. The minimum Gasteiger partial charge on any atom is -0.380 e. The molecule has 0 spiro atoms. The van der Waals surface area contributed by atoms with Crippen LogP contribution in [0.5, 0.6) is 0 Å². The first-order valence-corrected chi connectivity index (χ1v) is 5.76. The van der Waals surface area contributed by atoms with Gasteiger partial charge in [0.05, 0.1) is 10.6 Å². The summed E-state index contributed by atoms with van der Waals surface area (Å²) in [5.41, 5.74) is 0.151. The molecule has 1 aromatic carbocycles. The van der Waals surface area contributed by atoms with E-state index in [1.54, 1.807) is 0 Å². The molecule has 17 heavy (non-hydrogen) atoms. The van der Waals surface area contributed by atoms with Gasteiger partial charge in [-0.15, -0.1) is 0 Å². The van der Waals surface area contributed by atoms with Gasteiger partial charge >= 0.3 is 0 Å². The lowest BCUT2D eigenvalue weighted by Gasteiger charge is -2.14. The number of nitro groups is 1. The van der Waals surface area contributed by atoms with Crippen molar-refractivity contribution in [2.75, 3.05) is 5.32 Å². The van der Waals surface area contributed by atoms with E-state index in [9.17, 15) is 14.5 Å². The minimum absolute atomic E-state index is 0.0834. The summed E-state index contributed by atoms with van der Waals surface area (Å²) in [6.07, 6.45) is 3.10. The highest BCUT2D eigenvalue weighted by Crippen LogP contribution is 2.29. The summed E-state index contributed by atoms with van der Waals surface area (Å²) in [6.45, 7) is 2.16. The van der Waals surface area contributed by atoms with E-state index in [0.29, 0.717) is 5.92 Å². The standard InChI is InChI=1S/C12H15FN2O2/c1-8-2-3-9(6-8)14-12-7-10(15(16)17)4-5-11(12)13/h4-5,7-9,14H,2-3,6H2,1H3. The first-order chi connectivity index (χ1) is 8.06. The molecule has 2 rings (SSSR count). The second-order valence-corrected chi connectivity index (χ2v) is 4.68. The number of nitro benzene ring substituents is 1. The molecule has 0 aliphatic heterocycles. The Labute approximate surface area is 99.0 Å². The number of nitrogens with one attached hydrogen (secondary N) is 1. The maximum absolute atomic E-state index is 13.5. The fraction of sp³-hybridized carbons (Fsp3) is 0.500. The summed E-state index contributed by atoms with van der Waals surface area (Å²) < 4.78 is 13.5. The molecule has 1 N–H and O–H groups in total. The molecule has 1 saturated carbocycles. The SMILES string of the molecule is CC1CCC(Nc2cc([N+](=O)[O-])ccc2F)C1. The largest absolute Gasteiger partial charge is 0.380 e. The number of anilines is 1. The number of rotatable bonds is 3. The van der Waals surface area contributed by atoms with Gasteiger partial charge in [-0.1, -0.05) is 6.92 Å². The third-order valence-electron chi connectivity index (χ3n) is 3.22. The Morgan fingerprint density at radius 3 is 2.82 bits per heavy atom. The second kappa shape index (κ2) is 4.69. The third kappa shape index (κ3) is 2.72. The zero-order valence-electron chi connectivity index (χ0n) is 9.65. The van der Waals surface area contributed by atoms with Crippen LogP contribution in [0.25, 0.3) is 0 Å². The Hall–Kier alpha value is -1.65. The highest BCUT2D eigenvalue weighted by Gasteiger charge is 2.22. The van der Waals surface area contributed by atoms with E-state index in [1.807, 2.05) is 0 Å². The molecule has 2 unspecified atom stereocenters. The van der Waals surface area contributed by atoms with Crippen molar-refractivity contribution in [2.45, 2.75) is 32.2 Å². The zero-order valence-corrected chi connectivity index (χ0v) is 9.65. The van der Waals surface area contributed by atoms with Crippen molar-refractivity contribution >= 4 is 11.4 Å². The molecule has 92 valence electrons. The summed E-state index contributed by atoms with van der Waals surface area (Å²) in [5, 5.41) is 13.7. The number of hydrogen-bond acceptors (Lipinski definition) is 3. The molecule has 0 bridgehead atoms. The Balaban J connectivity index is 2.14. The van der Waals surface area contributed by atoms with Gasteiger partial charge in [-0.25, -0.2) is 4.39 Å². The lowest BCUT2D eigenvalue weighted by molar-refractivity contribution is -0.384. The number of non-ortho nitro benzene ring substituents is 1. The van der Waals surface area contributed by atoms with Gasteiger partial charge in [-0.05, 0) is 31.2 Å². The molecule has 4 nitrogen and oxygen atoms in total. The van der Waals surface area contributed by atoms with Crippen molar-refractivity contribution < 1.29 is 9.31 Å². The number of halogens is 1. The van der Waals surface area contributed by atoms with E-state index < -0.39 is 10.7 Å². The van der Waals surface area contributed by atoms with Gasteiger partial charge in [0.1, 0.15) is 5.82 Å². The average Bonchev–Trinajstić information content (AvgIpc) is 2.67. The molecule has 0 saturated heterocycles. The smallest absolute Gasteiger partial charge is 0.271 e. The quantitative estimate of drug-likeness (QED) is 0.649. The van der Waals surface area contributed by atoms with Gasteiger partial charge < -0.3 is 5.32 Å². The third-order valence-corrected chi connectivity index (χ3v) is 3.22.